The fourth-order valence-electron chi connectivity index (χ4n) is 2.87. The van der Waals surface area contributed by atoms with E-state index in [0.29, 0.717) is 46.2 Å². The Balaban J connectivity index is 1.62. The van der Waals surface area contributed by atoms with Crippen molar-refractivity contribution < 1.29 is 23.8 Å². The SMILES string of the molecule is CCOc1cc(C=NNC(=O)C(=O)Nc2ccc(OC)cc2)cc(Br)c1OCc1ccccc1. The molecule has 3 rings (SSSR count). The van der Waals surface area contributed by atoms with E-state index in [1.807, 2.05) is 37.3 Å². The minimum absolute atomic E-state index is 0.381. The maximum absolute atomic E-state index is 12.1. The van der Waals surface area contributed by atoms with E-state index < -0.39 is 11.8 Å². The Morgan fingerprint density at radius 2 is 1.74 bits per heavy atom. The maximum Gasteiger partial charge on any atom is 0.329 e. The molecule has 0 saturated heterocycles. The number of halogens is 1. The predicted octanol–water partition coefficient (Wildman–Crippen LogP) is 4.52. The molecule has 0 bridgehead atoms. The molecular formula is C25H24BrN3O5. The zero-order chi connectivity index (χ0) is 24.3. The van der Waals surface area contributed by atoms with Crippen LogP contribution in [0.4, 0.5) is 5.69 Å². The first kappa shape index (κ1) is 24.8. The topological polar surface area (TPSA) is 98.2 Å². The van der Waals surface area contributed by atoms with E-state index in [0.717, 1.165) is 5.56 Å². The van der Waals surface area contributed by atoms with Gasteiger partial charge in [-0.3, -0.25) is 9.59 Å². The number of amides is 2. The zero-order valence-corrected chi connectivity index (χ0v) is 20.3. The van der Waals surface area contributed by atoms with Crippen molar-refractivity contribution in [2.45, 2.75) is 13.5 Å². The summed E-state index contributed by atoms with van der Waals surface area (Å²) in [5, 5.41) is 6.36. The summed E-state index contributed by atoms with van der Waals surface area (Å²) in [6.07, 6.45) is 1.41. The first-order valence-corrected chi connectivity index (χ1v) is 11.2. The van der Waals surface area contributed by atoms with E-state index in [2.05, 4.69) is 31.8 Å². The number of methoxy groups -OCH3 is 1. The summed E-state index contributed by atoms with van der Waals surface area (Å²) >= 11 is 3.51. The van der Waals surface area contributed by atoms with Gasteiger partial charge in [-0.05, 0) is 70.4 Å². The number of carbonyl (C=O) groups excluding carboxylic acids is 2. The number of nitrogens with zero attached hydrogens (tertiary/aromatic N) is 1. The molecular weight excluding hydrogens is 502 g/mol. The molecule has 2 N–H and O–H groups in total. The monoisotopic (exact) mass is 525 g/mol. The summed E-state index contributed by atoms with van der Waals surface area (Å²) < 4.78 is 17.4. The number of ether oxygens (including phenoxy) is 3. The van der Waals surface area contributed by atoms with Crippen molar-refractivity contribution in [1.29, 1.82) is 0 Å². The second-order valence-electron chi connectivity index (χ2n) is 6.92. The maximum atomic E-state index is 12.1. The number of rotatable bonds is 9. The second kappa shape index (κ2) is 12.4. The van der Waals surface area contributed by atoms with E-state index in [4.69, 9.17) is 14.2 Å². The highest BCUT2D eigenvalue weighted by Crippen LogP contribution is 2.37. The number of hydrogen-bond acceptors (Lipinski definition) is 6. The van der Waals surface area contributed by atoms with Gasteiger partial charge in [-0.15, -0.1) is 0 Å². The number of hydrogen-bond donors (Lipinski definition) is 2. The highest BCUT2D eigenvalue weighted by Gasteiger charge is 2.14. The van der Waals surface area contributed by atoms with Crippen LogP contribution in [-0.2, 0) is 16.2 Å². The summed E-state index contributed by atoms with van der Waals surface area (Å²) in [6, 6.07) is 19.9. The molecule has 0 radical (unpaired) electrons. The van der Waals surface area contributed by atoms with Gasteiger partial charge in [0.15, 0.2) is 11.5 Å². The summed E-state index contributed by atoms with van der Waals surface area (Å²) in [4.78, 5) is 24.1. The van der Waals surface area contributed by atoms with Crippen molar-refractivity contribution in [3.8, 4) is 17.2 Å². The van der Waals surface area contributed by atoms with Crippen LogP contribution in [0.25, 0.3) is 0 Å². The van der Waals surface area contributed by atoms with Gasteiger partial charge in [0.1, 0.15) is 12.4 Å². The fourth-order valence-corrected chi connectivity index (χ4v) is 3.45. The van der Waals surface area contributed by atoms with Gasteiger partial charge < -0.3 is 19.5 Å². The molecule has 8 nitrogen and oxygen atoms in total. The molecule has 176 valence electrons. The standard InChI is InChI=1S/C25H24BrN3O5/c1-3-33-22-14-18(13-21(26)23(22)34-16-17-7-5-4-6-8-17)15-27-29-25(31)24(30)28-19-9-11-20(32-2)12-10-19/h4-15H,3,16H2,1-2H3,(H,28,30)(H,29,31). The Morgan fingerprint density at radius 1 is 1.00 bits per heavy atom. The zero-order valence-electron chi connectivity index (χ0n) is 18.7. The lowest BCUT2D eigenvalue weighted by Crippen LogP contribution is -2.32. The fraction of sp³-hybridized carbons (Fsp3) is 0.160. The molecule has 0 spiro atoms. The molecule has 0 saturated carbocycles. The average Bonchev–Trinajstić information content (AvgIpc) is 2.84. The smallest absolute Gasteiger partial charge is 0.329 e. The van der Waals surface area contributed by atoms with Crippen molar-refractivity contribution in [2.24, 2.45) is 5.10 Å². The van der Waals surface area contributed by atoms with E-state index in [1.54, 1.807) is 43.5 Å². The Labute approximate surface area is 206 Å². The molecule has 0 aliphatic rings. The number of benzene rings is 3. The molecule has 0 aliphatic carbocycles. The number of hydrazone groups is 1. The summed E-state index contributed by atoms with van der Waals surface area (Å²) in [6.45, 7) is 2.70. The third-order valence-electron chi connectivity index (χ3n) is 4.49. The van der Waals surface area contributed by atoms with E-state index in [1.165, 1.54) is 6.21 Å². The Kier molecular flexibility index (Phi) is 9.04. The predicted molar refractivity (Wildman–Crippen MR) is 133 cm³/mol. The summed E-state index contributed by atoms with van der Waals surface area (Å²) in [5.74, 6) is -0.0214. The molecule has 0 atom stereocenters. The van der Waals surface area contributed by atoms with Gasteiger partial charge >= 0.3 is 11.8 Å². The van der Waals surface area contributed by atoms with Crippen LogP contribution in [0.15, 0.2) is 76.3 Å². The highest BCUT2D eigenvalue weighted by molar-refractivity contribution is 9.10. The number of nitrogens with one attached hydrogen (secondary N) is 2. The molecule has 0 heterocycles. The lowest BCUT2D eigenvalue weighted by molar-refractivity contribution is -0.136. The summed E-state index contributed by atoms with van der Waals surface area (Å²) in [7, 11) is 1.54. The number of carbonyl (C=O) groups is 2. The molecule has 0 unspecified atom stereocenters. The van der Waals surface area contributed by atoms with Crippen molar-refractivity contribution in [1.82, 2.24) is 5.43 Å². The highest BCUT2D eigenvalue weighted by atomic mass is 79.9. The van der Waals surface area contributed by atoms with Gasteiger partial charge in [0.05, 0.1) is 24.4 Å². The Bertz CT molecular complexity index is 1150. The van der Waals surface area contributed by atoms with Gasteiger partial charge in [0, 0.05) is 5.69 Å². The van der Waals surface area contributed by atoms with Gasteiger partial charge in [-0.25, -0.2) is 5.43 Å². The van der Waals surface area contributed by atoms with Gasteiger partial charge in [-0.1, -0.05) is 30.3 Å². The minimum Gasteiger partial charge on any atom is -0.497 e. The van der Waals surface area contributed by atoms with Crippen LogP contribution in [0.5, 0.6) is 17.2 Å². The molecule has 3 aromatic carbocycles. The van der Waals surface area contributed by atoms with Crippen molar-refractivity contribution in [3.05, 3.63) is 82.3 Å². The molecule has 3 aromatic rings. The molecule has 0 fully saturated rings. The van der Waals surface area contributed by atoms with Crippen LogP contribution in [0.3, 0.4) is 0 Å². The molecule has 0 aliphatic heterocycles. The first-order valence-electron chi connectivity index (χ1n) is 10.4. The van der Waals surface area contributed by atoms with Crippen LogP contribution in [0.2, 0.25) is 0 Å². The number of anilines is 1. The Hall–Kier alpha value is -3.85. The van der Waals surface area contributed by atoms with Crippen LogP contribution in [0, 0.1) is 0 Å². The summed E-state index contributed by atoms with van der Waals surface area (Å²) in [5.41, 5.74) is 4.34. The van der Waals surface area contributed by atoms with Crippen LogP contribution >= 0.6 is 15.9 Å². The lowest BCUT2D eigenvalue weighted by atomic mass is 10.2. The van der Waals surface area contributed by atoms with Gasteiger partial charge in [0.25, 0.3) is 0 Å². The van der Waals surface area contributed by atoms with E-state index >= 15 is 0 Å². The van der Waals surface area contributed by atoms with Gasteiger partial charge in [0.2, 0.25) is 0 Å². The van der Waals surface area contributed by atoms with Crippen molar-refractivity contribution >= 4 is 39.6 Å². The minimum atomic E-state index is -0.904. The van der Waals surface area contributed by atoms with Crippen LogP contribution in [0.1, 0.15) is 18.1 Å². The second-order valence-corrected chi connectivity index (χ2v) is 7.77. The van der Waals surface area contributed by atoms with Crippen LogP contribution < -0.4 is 25.0 Å². The quantitative estimate of drug-likeness (QED) is 0.243. The molecule has 2 amide bonds. The molecule has 0 aromatic heterocycles. The lowest BCUT2D eigenvalue weighted by Gasteiger charge is -2.14. The van der Waals surface area contributed by atoms with Crippen LogP contribution in [-0.4, -0.2) is 31.7 Å². The van der Waals surface area contributed by atoms with E-state index in [-0.39, 0.29) is 0 Å². The first-order chi connectivity index (χ1) is 16.5. The molecule has 9 heteroatoms. The third kappa shape index (κ3) is 7.08. The van der Waals surface area contributed by atoms with Crippen molar-refractivity contribution in [3.63, 3.8) is 0 Å². The Morgan fingerprint density at radius 3 is 2.41 bits per heavy atom. The third-order valence-corrected chi connectivity index (χ3v) is 5.08. The largest absolute Gasteiger partial charge is 0.497 e. The van der Waals surface area contributed by atoms with Gasteiger partial charge in [-0.2, -0.15) is 5.10 Å². The average molecular weight is 526 g/mol. The van der Waals surface area contributed by atoms with E-state index in [9.17, 15) is 9.59 Å². The van der Waals surface area contributed by atoms with Crippen molar-refractivity contribution in [2.75, 3.05) is 19.0 Å². The molecule has 34 heavy (non-hydrogen) atoms. The normalized spacial score (nSPS) is 10.6.